The highest BCUT2D eigenvalue weighted by atomic mass is 32.1. The van der Waals surface area contributed by atoms with E-state index in [1.165, 1.54) is 62.3 Å². The van der Waals surface area contributed by atoms with Crippen LogP contribution in [0.2, 0.25) is 0 Å². The maximum absolute atomic E-state index is 11.2. The molecule has 2 heterocycles. The first-order chi connectivity index (χ1) is 14.3. The van der Waals surface area contributed by atoms with Gasteiger partial charge >= 0.3 is 0 Å². The summed E-state index contributed by atoms with van der Waals surface area (Å²) in [5, 5.41) is 2.46. The summed E-state index contributed by atoms with van der Waals surface area (Å²) in [5.74, 6) is 0.787. The van der Waals surface area contributed by atoms with Crippen molar-refractivity contribution in [3.63, 3.8) is 0 Å². The lowest BCUT2D eigenvalue weighted by Crippen LogP contribution is -2.86. The molecule has 2 aliphatic rings. The van der Waals surface area contributed by atoms with Crippen molar-refractivity contribution in [3.05, 3.63) is 74.0 Å². The number of aromatic amines is 1. The fourth-order valence-corrected chi connectivity index (χ4v) is 5.41. The molecule has 1 fully saturated rings. The lowest BCUT2D eigenvalue weighted by Gasteiger charge is -2.37. The van der Waals surface area contributed by atoms with Gasteiger partial charge in [0, 0.05) is 23.8 Å². The minimum atomic E-state index is -0.0328. The first-order valence-corrected chi connectivity index (χ1v) is 12.1. The molecule has 1 aliphatic heterocycles. The van der Waals surface area contributed by atoms with Crippen LogP contribution in [0.1, 0.15) is 64.7 Å². The number of hydrogen-bond donors (Lipinski definition) is 2. The van der Waals surface area contributed by atoms with Crippen molar-refractivity contribution >= 4 is 17.6 Å². The number of allylic oxidation sites excluding steroid dienone is 9. The average Bonchev–Trinajstić information content (AvgIpc) is 3.11. The van der Waals surface area contributed by atoms with E-state index in [1.54, 1.807) is 17.2 Å². The smallest absolute Gasteiger partial charge is 0.258 e. The van der Waals surface area contributed by atoms with Gasteiger partial charge < -0.3 is 5.32 Å². The van der Waals surface area contributed by atoms with E-state index in [0.29, 0.717) is 0 Å². The van der Waals surface area contributed by atoms with Gasteiger partial charge in [-0.2, -0.15) is 0 Å². The number of aromatic nitrogens is 1. The lowest BCUT2D eigenvalue weighted by molar-refractivity contribution is -0.664. The van der Waals surface area contributed by atoms with E-state index in [4.69, 9.17) is 0 Å². The maximum atomic E-state index is 11.2. The van der Waals surface area contributed by atoms with Gasteiger partial charge in [-0.3, -0.25) is 9.17 Å². The molecule has 0 bridgehead atoms. The Morgan fingerprint density at radius 2 is 1.97 bits per heavy atom. The van der Waals surface area contributed by atoms with Crippen molar-refractivity contribution in [1.29, 1.82) is 0 Å². The molecule has 0 unspecified atom stereocenters. The third kappa shape index (κ3) is 6.29. The summed E-state index contributed by atoms with van der Waals surface area (Å²) in [7, 11) is 0. The largest absolute Gasteiger partial charge is 0.346 e. The zero-order valence-corrected chi connectivity index (χ0v) is 19.8. The molecule has 0 saturated carbocycles. The first-order valence-electron chi connectivity index (χ1n) is 11.3. The minimum Gasteiger partial charge on any atom is -0.346 e. The normalized spacial score (nSPS) is 21.9. The Balaban J connectivity index is 1.73. The molecule has 3 rings (SSSR count). The molecule has 0 atom stereocenters. The number of quaternary nitrogens is 1. The van der Waals surface area contributed by atoms with E-state index >= 15 is 0 Å². The van der Waals surface area contributed by atoms with Crippen molar-refractivity contribution in [1.82, 2.24) is 4.37 Å². The Bertz CT molecular complexity index is 930. The average molecular weight is 426 g/mol. The molecule has 3 N–H and O–H groups in total. The molecule has 30 heavy (non-hydrogen) atoms. The monoisotopic (exact) mass is 425 g/mol. The summed E-state index contributed by atoms with van der Waals surface area (Å²) in [6, 6.07) is 1.63. The molecule has 0 spiro atoms. The van der Waals surface area contributed by atoms with Gasteiger partial charge in [-0.15, -0.1) is 0 Å². The predicted molar refractivity (Wildman–Crippen MR) is 130 cm³/mol. The summed E-state index contributed by atoms with van der Waals surface area (Å²) in [6.07, 6.45) is 19.7. The van der Waals surface area contributed by atoms with Crippen LogP contribution >= 0.6 is 11.5 Å². The minimum absolute atomic E-state index is 0.0328. The Morgan fingerprint density at radius 1 is 1.20 bits per heavy atom. The molecule has 4 heteroatoms. The van der Waals surface area contributed by atoms with Crippen molar-refractivity contribution in [2.24, 2.45) is 11.3 Å². The van der Waals surface area contributed by atoms with Crippen molar-refractivity contribution in [3.8, 4) is 0 Å². The van der Waals surface area contributed by atoms with Crippen LogP contribution in [0.15, 0.2) is 63.5 Å². The summed E-state index contributed by atoms with van der Waals surface area (Å²) < 4.78 is 2.72. The molecular weight excluding hydrogens is 388 g/mol. The van der Waals surface area contributed by atoms with Gasteiger partial charge in [0.2, 0.25) is 0 Å². The summed E-state index contributed by atoms with van der Waals surface area (Å²) in [6.45, 7) is 11.6. The molecule has 162 valence electrons. The van der Waals surface area contributed by atoms with E-state index in [9.17, 15) is 4.79 Å². The van der Waals surface area contributed by atoms with E-state index in [-0.39, 0.29) is 11.0 Å². The lowest BCUT2D eigenvalue weighted by atomic mass is 9.68. The molecule has 0 amide bonds. The zero-order chi connectivity index (χ0) is 21.6. The van der Waals surface area contributed by atoms with Crippen LogP contribution in [0.3, 0.4) is 0 Å². The van der Waals surface area contributed by atoms with Crippen LogP contribution in [0.25, 0.3) is 6.08 Å². The number of nitrogens with two attached hydrogens (primary N) is 1. The van der Waals surface area contributed by atoms with Crippen LogP contribution in [0.4, 0.5) is 0 Å². The van der Waals surface area contributed by atoms with Gasteiger partial charge in [-0.25, -0.2) is 0 Å². The van der Waals surface area contributed by atoms with Gasteiger partial charge in [0.1, 0.15) is 0 Å². The van der Waals surface area contributed by atoms with Gasteiger partial charge in [0.25, 0.3) is 5.56 Å². The molecule has 3 nitrogen and oxygen atoms in total. The first kappa shape index (κ1) is 22.8. The number of hydrogen-bond acceptors (Lipinski definition) is 2. The SMILES string of the molecule is CC(/C=C/C1=C(C2CC[NH2+]CC2)CCCC1(C)C)=C\C=C\C(C)=C\c1cc(=O)[nH]s1. The van der Waals surface area contributed by atoms with Crippen molar-refractivity contribution in [2.45, 2.75) is 59.8 Å². The number of rotatable bonds is 6. The zero-order valence-electron chi connectivity index (χ0n) is 19.0. The van der Waals surface area contributed by atoms with Crippen LogP contribution < -0.4 is 10.9 Å². The molecule has 0 aromatic carbocycles. The van der Waals surface area contributed by atoms with Gasteiger partial charge in [0.15, 0.2) is 0 Å². The van der Waals surface area contributed by atoms with Crippen LogP contribution in [0, 0.1) is 11.3 Å². The molecule has 1 saturated heterocycles. The fourth-order valence-electron chi connectivity index (χ4n) is 4.72. The second-order valence-electron chi connectivity index (χ2n) is 9.42. The predicted octanol–water partition coefficient (Wildman–Crippen LogP) is 5.38. The van der Waals surface area contributed by atoms with E-state index in [0.717, 1.165) is 16.4 Å². The van der Waals surface area contributed by atoms with Crippen LogP contribution in [-0.4, -0.2) is 17.5 Å². The Hall–Kier alpha value is -1.91. The van der Waals surface area contributed by atoms with E-state index < -0.39 is 0 Å². The quantitative estimate of drug-likeness (QED) is 0.591. The highest BCUT2D eigenvalue weighted by molar-refractivity contribution is 7.06. The number of H-pyrrole nitrogens is 1. The van der Waals surface area contributed by atoms with Gasteiger partial charge in [-0.1, -0.05) is 66.9 Å². The third-order valence-electron chi connectivity index (χ3n) is 6.40. The summed E-state index contributed by atoms with van der Waals surface area (Å²) >= 11 is 1.37. The molecular formula is C26H37N2OS+. The number of nitrogens with one attached hydrogen (secondary N) is 1. The maximum Gasteiger partial charge on any atom is 0.258 e. The standard InChI is InChI=1S/C26H36N2OS/c1-19(7-5-8-20(2)17-22-18-25(29)28-30-22)10-11-24-23(9-6-14-26(24,3)4)21-12-15-27-16-13-21/h5,7-8,10-11,17-18,21,27H,6,9,12-16H2,1-4H3,(H,28,29)/p+1/b8-5+,11-10+,19-7+,20-17+. The topological polar surface area (TPSA) is 49.5 Å². The van der Waals surface area contributed by atoms with Crippen molar-refractivity contribution < 1.29 is 5.32 Å². The van der Waals surface area contributed by atoms with Crippen LogP contribution in [-0.2, 0) is 0 Å². The second-order valence-corrected chi connectivity index (χ2v) is 10.3. The van der Waals surface area contributed by atoms with Gasteiger partial charge in [-0.05, 0) is 61.7 Å². The Labute approximate surface area is 185 Å². The summed E-state index contributed by atoms with van der Waals surface area (Å²) in [4.78, 5) is 12.2. The molecule has 0 radical (unpaired) electrons. The highest BCUT2D eigenvalue weighted by Gasteiger charge is 2.32. The molecule has 1 aromatic heterocycles. The van der Waals surface area contributed by atoms with Gasteiger partial charge in [0.05, 0.1) is 13.1 Å². The number of piperidine rings is 1. The van der Waals surface area contributed by atoms with Crippen LogP contribution in [0.5, 0.6) is 0 Å². The van der Waals surface area contributed by atoms with E-state index in [1.807, 2.05) is 6.08 Å². The van der Waals surface area contributed by atoms with Crippen molar-refractivity contribution in [2.75, 3.05) is 13.1 Å². The Kier molecular flexibility index (Phi) is 7.90. The molecule has 1 aliphatic carbocycles. The molecule has 1 aromatic rings. The highest BCUT2D eigenvalue weighted by Crippen LogP contribution is 2.44. The third-order valence-corrected chi connectivity index (χ3v) is 7.17. The second kappa shape index (κ2) is 10.4. The Morgan fingerprint density at radius 3 is 2.67 bits per heavy atom. The summed E-state index contributed by atoms with van der Waals surface area (Å²) in [5.41, 5.74) is 5.97. The van der Waals surface area contributed by atoms with E-state index in [2.05, 4.69) is 67.8 Å². The fraction of sp³-hybridized carbons (Fsp3) is 0.500.